The summed E-state index contributed by atoms with van der Waals surface area (Å²) >= 11 is 0. The third-order valence-electron chi connectivity index (χ3n) is 4.82. The number of para-hydroxylation sites is 1. The molecule has 4 aromatic rings. The van der Waals surface area contributed by atoms with Gasteiger partial charge in [0.2, 0.25) is 0 Å². The Kier molecular flexibility index (Phi) is 4.81. The van der Waals surface area contributed by atoms with Gasteiger partial charge in [0.25, 0.3) is 5.91 Å². The summed E-state index contributed by atoms with van der Waals surface area (Å²) < 4.78 is 7.04. The van der Waals surface area contributed by atoms with Crippen LogP contribution in [0.15, 0.2) is 72.9 Å². The Morgan fingerprint density at radius 2 is 1.79 bits per heavy atom. The molecule has 28 heavy (non-hydrogen) atoms. The lowest BCUT2D eigenvalue weighted by atomic mass is 10.1. The number of nitrogens with one attached hydrogen (secondary N) is 1. The first-order valence-electron chi connectivity index (χ1n) is 9.10. The lowest BCUT2D eigenvalue weighted by Gasteiger charge is -2.08. The molecule has 0 saturated heterocycles. The highest BCUT2D eigenvalue weighted by atomic mass is 16.5. The van der Waals surface area contributed by atoms with Gasteiger partial charge in [-0.2, -0.15) is 5.10 Å². The number of amides is 1. The van der Waals surface area contributed by atoms with Crippen LogP contribution in [0.5, 0.6) is 5.75 Å². The summed E-state index contributed by atoms with van der Waals surface area (Å²) in [4.78, 5) is 12.6. The van der Waals surface area contributed by atoms with Crippen molar-refractivity contribution in [2.75, 3.05) is 7.11 Å². The van der Waals surface area contributed by atoms with Gasteiger partial charge in [0, 0.05) is 6.54 Å². The third kappa shape index (κ3) is 3.47. The molecule has 0 unspecified atom stereocenters. The summed E-state index contributed by atoms with van der Waals surface area (Å²) in [6.07, 6.45) is 1.62. The van der Waals surface area contributed by atoms with Crippen molar-refractivity contribution in [1.29, 1.82) is 0 Å². The maximum absolute atomic E-state index is 12.6. The van der Waals surface area contributed by atoms with Crippen molar-refractivity contribution in [1.82, 2.24) is 15.1 Å². The van der Waals surface area contributed by atoms with E-state index < -0.39 is 0 Å². The molecule has 1 aromatic heterocycles. The number of benzene rings is 3. The minimum Gasteiger partial charge on any atom is -0.497 e. The third-order valence-corrected chi connectivity index (χ3v) is 4.82. The Labute approximate surface area is 163 Å². The average molecular weight is 371 g/mol. The quantitative estimate of drug-likeness (QED) is 0.570. The number of hydrogen-bond acceptors (Lipinski definition) is 3. The number of ether oxygens (including phenoxy) is 1. The average Bonchev–Trinajstić information content (AvgIpc) is 3.13. The second-order valence-electron chi connectivity index (χ2n) is 6.62. The molecular formula is C23H21N3O2. The topological polar surface area (TPSA) is 56.1 Å². The molecule has 0 atom stereocenters. The van der Waals surface area contributed by atoms with Gasteiger partial charge in [-0.25, -0.2) is 4.68 Å². The summed E-state index contributed by atoms with van der Waals surface area (Å²) in [5.41, 5.74) is 3.37. The number of methoxy groups -OCH3 is 1. The first-order chi connectivity index (χ1) is 13.7. The first kappa shape index (κ1) is 17.8. The van der Waals surface area contributed by atoms with Crippen molar-refractivity contribution in [3.63, 3.8) is 0 Å². The van der Waals surface area contributed by atoms with Crippen LogP contribution in [-0.2, 0) is 6.54 Å². The zero-order valence-electron chi connectivity index (χ0n) is 15.8. The number of rotatable bonds is 5. The van der Waals surface area contributed by atoms with Gasteiger partial charge in [0.1, 0.15) is 5.75 Å². The van der Waals surface area contributed by atoms with E-state index in [0.29, 0.717) is 12.1 Å². The van der Waals surface area contributed by atoms with E-state index in [1.165, 1.54) is 0 Å². The van der Waals surface area contributed by atoms with Crippen LogP contribution in [0.3, 0.4) is 0 Å². The van der Waals surface area contributed by atoms with Crippen LogP contribution in [0.2, 0.25) is 0 Å². The molecule has 5 heteroatoms. The Bertz CT molecular complexity index is 1130. The first-order valence-corrected chi connectivity index (χ1v) is 9.10. The minimum absolute atomic E-state index is 0.130. The van der Waals surface area contributed by atoms with Crippen molar-refractivity contribution < 1.29 is 9.53 Å². The molecule has 0 bridgehead atoms. The normalized spacial score (nSPS) is 10.8. The van der Waals surface area contributed by atoms with E-state index >= 15 is 0 Å². The van der Waals surface area contributed by atoms with Crippen molar-refractivity contribution in [2.45, 2.75) is 13.5 Å². The predicted octanol–water partition coefficient (Wildman–Crippen LogP) is 4.27. The van der Waals surface area contributed by atoms with Crippen LogP contribution < -0.4 is 10.1 Å². The molecule has 5 nitrogen and oxygen atoms in total. The van der Waals surface area contributed by atoms with E-state index in [0.717, 1.165) is 33.5 Å². The van der Waals surface area contributed by atoms with E-state index in [2.05, 4.69) is 16.5 Å². The lowest BCUT2D eigenvalue weighted by Crippen LogP contribution is -2.23. The smallest absolute Gasteiger partial charge is 0.255 e. The summed E-state index contributed by atoms with van der Waals surface area (Å²) in [6.45, 7) is 2.36. The van der Waals surface area contributed by atoms with Crippen molar-refractivity contribution in [3.05, 3.63) is 89.7 Å². The SMILES string of the molecule is COc1ccc2cc(CNC(=O)c3cnn(-c4ccccc4)c3C)ccc2c1. The maximum atomic E-state index is 12.6. The fraction of sp³-hybridized carbons (Fsp3) is 0.130. The minimum atomic E-state index is -0.130. The van der Waals surface area contributed by atoms with Gasteiger partial charge in [-0.3, -0.25) is 4.79 Å². The largest absolute Gasteiger partial charge is 0.497 e. The van der Waals surface area contributed by atoms with E-state index in [-0.39, 0.29) is 5.91 Å². The molecule has 0 aliphatic rings. The Morgan fingerprint density at radius 3 is 2.57 bits per heavy atom. The molecular weight excluding hydrogens is 350 g/mol. The lowest BCUT2D eigenvalue weighted by molar-refractivity contribution is 0.0950. The second kappa shape index (κ2) is 7.56. The zero-order valence-corrected chi connectivity index (χ0v) is 15.8. The molecule has 1 N–H and O–H groups in total. The van der Waals surface area contributed by atoms with E-state index in [1.807, 2.05) is 67.6 Å². The molecule has 0 saturated carbocycles. The molecule has 0 radical (unpaired) electrons. The van der Waals surface area contributed by atoms with Gasteiger partial charge in [-0.05, 0) is 53.6 Å². The van der Waals surface area contributed by atoms with Gasteiger partial charge in [0.05, 0.1) is 30.3 Å². The van der Waals surface area contributed by atoms with E-state index in [1.54, 1.807) is 18.0 Å². The molecule has 3 aromatic carbocycles. The summed E-state index contributed by atoms with van der Waals surface area (Å²) in [6, 6.07) is 21.9. The molecule has 0 aliphatic carbocycles. The fourth-order valence-electron chi connectivity index (χ4n) is 3.25. The van der Waals surface area contributed by atoms with Gasteiger partial charge in [0.15, 0.2) is 0 Å². The highest BCUT2D eigenvalue weighted by Crippen LogP contribution is 2.22. The molecule has 140 valence electrons. The standard InChI is InChI=1S/C23H21N3O2/c1-16-22(15-25-26(16)20-6-4-3-5-7-20)23(27)24-14-17-8-9-19-13-21(28-2)11-10-18(19)12-17/h3-13,15H,14H2,1-2H3,(H,24,27). The van der Waals surface area contributed by atoms with Gasteiger partial charge >= 0.3 is 0 Å². The Balaban J connectivity index is 1.49. The van der Waals surface area contributed by atoms with E-state index in [4.69, 9.17) is 4.74 Å². The van der Waals surface area contributed by atoms with Gasteiger partial charge in [-0.15, -0.1) is 0 Å². The zero-order chi connectivity index (χ0) is 19.5. The molecule has 1 heterocycles. The molecule has 4 rings (SSSR count). The number of hydrogen-bond donors (Lipinski definition) is 1. The molecule has 0 aliphatic heterocycles. The van der Waals surface area contributed by atoms with Crippen molar-refractivity contribution in [2.24, 2.45) is 0 Å². The summed E-state index contributed by atoms with van der Waals surface area (Å²) in [5, 5.41) is 9.57. The maximum Gasteiger partial charge on any atom is 0.255 e. The number of nitrogens with zero attached hydrogens (tertiary/aromatic N) is 2. The predicted molar refractivity (Wildman–Crippen MR) is 110 cm³/mol. The van der Waals surface area contributed by atoms with E-state index in [9.17, 15) is 4.79 Å². The number of fused-ring (bicyclic) bond motifs is 1. The second-order valence-corrected chi connectivity index (χ2v) is 6.62. The molecule has 0 fully saturated rings. The molecule has 0 spiro atoms. The number of aromatic nitrogens is 2. The van der Waals surface area contributed by atoms with Crippen molar-refractivity contribution in [3.8, 4) is 11.4 Å². The van der Waals surface area contributed by atoms with Gasteiger partial charge in [-0.1, -0.05) is 36.4 Å². The van der Waals surface area contributed by atoms with Crippen LogP contribution in [0.25, 0.3) is 16.5 Å². The number of carbonyl (C=O) groups excluding carboxylic acids is 1. The van der Waals surface area contributed by atoms with Crippen LogP contribution in [-0.4, -0.2) is 22.8 Å². The van der Waals surface area contributed by atoms with Crippen LogP contribution in [0.4, 0.5) is 0 Å². The highest BCUT2D eigenvalue weighted by Gasteiger charge is 2.14. The van der Waals surface area contributed by atoms with Crippen molar-refractivity contribution >= 4 is 16.7 Å². The Morgan fingerprint density at radius 1 is 1.04 bits per heavy atom. The number of carbonyl (C=O) groups is 1. The van der Waals surface area contributed by atoms with Crippen LogP contribution in [0, 0.1) is 6.92 Å². The van der Waals surface area contributed by atoms with Crippen LogP contribution in [0.1, 0.15) is 21.6 Å². The van der Waals surface area contributed by atoms with Gasteiger partial charge < -0.3 is 10.1 Å². The fourth-order valence-corrected chi connectivity index (χ4v) is 3.25. The summed E-state index contributed by atoms with van der Waals surface area (Å²) in [7, 11) is 1.66. The van der Waals surface area contributed by atoms with Crippen LogP contribution >= 0.6 is 0 Å². The Hall–Kier alpha value is -3.60. The monoisotopic (exact) mass is 371 g/mol. The highest BCUT2D eigenvalue weighted by molar-refractivity contribution is 5.95. The summed E-state index contributed by atoms with van der Waals surface area (Å²) in [5.74, 6) is 0.703. The molecule has 1 amide bonds.